The van der Waals surface area contributed by atoms with Crippen LogP contribution in [-0.2, 0) is 23.1 Å². The summed E-state index contributed by atoms with van der Waals surface area (Å²) < 4.78 is 24.3. The minimum Gasteiger partial charge on any atom is -0.291 e. The van der Waals surface area contributed by atoms with Crippen molar-refractivity contribution in [1.29, 1.82) is 0 Å². The summed E-state index contributed by atoms with van der Waals surface area (Å²) in [6.07, 6.45) is 1.65. The largest absolute Gasteiger partial charge is 0.291 e. The lowest BCUT2D eigenvalue weighted by Gasteiger charge is -2.19. The molecule has 0 bridgehead atoms. The van der Waals surface area contributed by atoms with Crippen molar-refractivity contribution >= 4 is 10.0 Å². The van der Waals surface area contributed by atoms with E-state index in [-0.39, 0.29) is 5.75 Å². The first-order valence-corrected chi connectivity index (χ1v) is 7.09. The normalized spacial score (nSPS) is 17.0. The molecule has 90 valence electrons. The molecule has 1 aromatic heterocycles. The smallest absolute Gasteiger partial charge is 0.253 e. The van der Waals surface area contributed by atoms with Gasteiger partial charge in [-0.25, -0.2) is 8.42 Å². The molecule has 0 radical (unpaired) electrons. The third kappa shape index (κ3) is 1.87. The van der Waals surface area contributed by atoms with Crippen LogP contribution in [0.15, 0.2) is 6.20 Å². The second kappa shape index (κ2) is 3.85. The van der Waals surface area contributed by atoms with Crippen molar-refractivity contribution in [1.82, 2.24) is 14.1 Å². The molecule has 1 aliphatic rings. The van der Waals surface area contributed by atoms with Crippen LogP contribution in [0, 0.1) is 0 Å². The molecule has 5 nitrogen and oxygen atoms in total. The predicted octanol–water partition coefficient (Wildman–Crippen LogP) is 0.805. The van der Waals surface area contributed by atoms with Gasteiger partial charge in [0.15, 0.2) is 0 Å². The molecule has 1 aliphatic heterocycles. The van der Waals surface area contributed by atoms with Crippen LogP contribution in [0.25, 0.3) is 0 Å². The van der Waals surface area contributed by atoms with Gasteiger partial charge in [-0.1, -0.05) is 0 Å². The van der Waals surface area contributed by atoms with Gasteiger partial charge in [-0.05, 0) is 20.8 Å². The van der Waals surface area contributed by atoms with Gasteiger partial charge >= 0.3 is 0 Å². The van der Waals surface area contributed by atoms with Gasteiger partial charge in [0.05, 0.1) is 11.4 Å². The zero-order chi connectivity index (χ0) is 11.9. The van der Waals surface area contributed by atoms with Crippen LogP contribution in [0.4, 0.5) is 0 Å². The number of rotatable bonds is 3. The highest BCUT2D eigenvalue weighted by atomic mass is 32.2. The van der Waals surface area contributed by atoms with Crippen LogP contribution in [-0.4, -0.2) is 34.3 Å². The lowest BCUT2D eigenvalue weighted by Crippen LogP contribution is -2.25. The van der Waals surface area contributed by atoms with Gasteiger partial charge in [-0.3, -0.25) is 4.90 Å². The van der Waals surface area contributed by atoms with E-state index >= 15 is 0 Å². The summed E-state index contributed by atoms with van der Waals surface area (Å²) in [6.45, 7) is 7.43. The average Bonchev–Trinajstić information content (AvgIpc) is 2.74. The summed E-state index contributed by atoms with van der Waals surface area (Å²) >= 11 is 0. The fraction of sp³-hybridized carbons (Fsp3) is 0.700. The van der Waals surface area contributed by atoms with Crippen molar-refractivity contribution in [2.75, 3.05) is 5.75 Å². The maximum atomic E-state index is 11.6. The molecular weight excluding hydrogens is 226 g/mol. The molecule has 0 unspecified atom stereocenters. The molecule has 2 rings (SSSR count). The maximum Gasteiger partial charge on any atom is 0.253 e. The molecule has 0 saturated heterocycles. The van der Waals surface area contributed by atoms with E-state index in [2.05, 4.69) is 23.8 Å². The Morgan fingerprint density at radius 3 is 2.62 bits per heavy atom. The summed E-state index contributed by atoms with van der Waals surface area (Å²) in [4.78, 5) is 2.26. The fourth-order valence-corrected chi connectivity index (χ4v) is 2.57. The fourth-order valence-electron chi connectivity index (χ4n) is 1.79. The van der Waals surface area contributed by atoms with Crippen molar-refractivity contribution < 1.29 is 8.42 Å². The van der Waals surface area contributed by atoms with E-state index in [0.717, 1.165) is 28.4 Å². The van der Waals surface area contributed by atoms with Gasteiger partial charge in [0.1, 0.15) is 0 Å². The van der Waals surface area contributed by atoms with E-state index in [1.807, 2.05) is 0 Å². The van der Waals surface area contributed by atoms with Crippen LogP contribution in [0.5, 0.6) is 0 Å². The Labute approximate surface area is 96.1 Å². The zero-order valence-corrected chi connectivity index (χ0v) is 10.7. The summed E-state index contributed by atoms with van der Waals surface area (Å²) in [5.74, 6) is 0.0848. The number of hydrogen-bond donors (Lipinski definition) is 0. The van der Waals surface area contributed by atoms with E-state index in [1.165, 1.54) is 0 Å². The van der Waals surface area contributed by atoms with Gasteiger partial charge in [0.2, 0.25) is 0 Å². The van der Waals surface area contributed by atoms with E-state index in [9.17, 15) is 8.42 Å². The molecule has 0 atom stereocenters. The first-order chi connectivity index (χ1) is 7.44. The first kappa shape index (κ1) is 11.6. The SMILES string of the molecule is CCS(=O)(=O)n1cc2c(n1)CN(C(C)C)C2. The lowest BCUT2D eigenvalue weighted by atomic mass is 10.3. The lowest BCUT2D eigenvalue weighted by molar-refractivity contribution is 0.224. The minimum atomic E-state index is -3.23. The summed E-state index contributed by atoms with van der Waals surface area (Å²) in [5, 5.41) is 4.15. The summed E-state index contributed by atoms with van der Waals surface area (Å²) in [6, 6.07) is 0.463. The Balaban J connectivity index is 2.26. The number of fused-ring (bicyclic) bond motifs is 1. The van der Waals surface area contributed by atoms with Crippen molar-refractivity contribution in [2.45, 2.75) is 39.9 Å². The maximum absolute atomic E-state index is 11.6. The molecule has 0 amide bonds. The van der Waals surface area contributed by atoms with E-state index in [0.29, 0.717) is 6.04 Å². The van der Waals surface area contributed by atoms with Crippen LogP contribution in [0.3, 0.4) is 0 Å². The number of hydrogen-bond acceptors (Lipinski definition) is 4. The van der Waals surface area contributed by atoms with E-state index in [4.69, 9.17) is 0 Å². The van der Waals surface area contributed by atoms with Crippen LogP contribution in [0.2, 0.25) is 0 Å². The molecule has 6 heteroatoms. The van der Waals surface area contributed by atoms with Crippen molar-refractivity contribution in [3.05, 3.63) is 17.5 Å². The highest BCUT2D eigenvalue weighted by molar-refractivity contribution is 7.89. The predicted molar refractivity (Wildman–Crippen MR) is 61.5 cm³/mol. The van der Waals surface area contributed by atoms with Gasteiger partial charge in [-0.2, -0.15) is 9.19 Å². The highest BCUT2D eigenvalue weighted by Crippen LogP contribution is 2.23. The summed E-state index contributed by atoms with van der Waals surface area (Å²) in [7, 11) is -3.23. The standard InChI is InChI=1S/C10H17N3O2S/c1-4-16(14,15)13-6-9-5-12(8(2)3)7-10(9)11-13/h6,8H,4-5,7H2,1-3H3. The Hall–Kier alpha value is -0.880. The Morgan fingerprint density at radius 2 is 2.12 bits per heavy atom. The Morgan fingerprint density at radius 1 is 1.44 bits per heavy atom. The van der Waals surface area contributed by atoms with E-state index in [1.54, 1.807) is 13.1 Å². The average molecular weight is 243 g/mol. The van der Waals surface area contributed by atoms with Crippen molar-refractivity contribution in [3.8, 4) is 0 Å². The minimum absolute atomic E-state index is 0.0848. The highest BCUT2D eigenvalue weighted by Gasteiger charge is 2.26. The molecule has 0 aromatic carbocycles. The van der Waals surface area contributed by atoms with Gasteiger partial charge in [0, 0.05) is 30.9 Å². The van der Waals surface area contributed by atoms with Crippen LogP contribution < -0.4 is 0 Å². The Bertz CT molecular complexity index is 467. The molecule has 1 aromatic rings. The molecule has 0 fully saturated rings. The van der Waals surface area contributed by atoms with Crippen molar-refractivity contribution in [3.63, 3.8) is 0 Å². The van der Waals surface area contributed by atoms with Gasteiger partial charge in [-0.15, -0.1) is 0 Å². The Kier molecular flexibility index (Phi) is 2.79. The molecule has 2 heterocycles. The molecular formula is C10H17N3O2S. The zero-order valence-electron chi connectivity index (χ0n) is 9.84. The van der Waals surface area contributed by atoms with Crippen LogP contribution >= 0.6 is 0 Å². The van der Waals surface area contributed by atoms with Gasteiger partial charge < -0.3 is 0 Å². The van der Waals surface area contributed by atoms with E-state index < -0.39 is 10.0 Å². The molecule has 0 spiro atoms. The first-order valence-electron chi connectivity index (χ1n) is 5.48. The topological polar surface area (TPSA) is 55.2 Å². The molecule has 16 heavy (non-hydrogen) atoms. The molecule has 0 N–H and O–H groups in total. The van der Waals surface area contributed by atoms with Crippen molar-refractivity contribution in [2.24, 2.45) is 0 Å². The molecule has 0 aliphatic carbocycles. The van der Waals surface area contributed by atoms with Crippen LogP contribution in [0.1, 0.15) is 32.0 Å². The third-order valence-electron chi connectivity index (χ3n) is 2.96. The second-order valence-electron chi connectivity index (χ2n) is 4.37. The molecule has 0 saturated carbocycles. The number of nitrogens with zero attached hydrogens (tertiary/aromatic N) is 3. The number of aromatic nitrogens is 2. The quantitative estimate of drug-likeness (QED) is 0.788. The van der Waals surface area contributed by atoms with Gasteiger partial charge in [0.25, 0.3) is 10.0 Å². The second-order valence-corrected chi connectivity index (χ2v) is 6.49. The summed E-state index contributed by atoms with van der Waals surface area (Å²) in [5.41, 5.74) is 1.93. The monoisotopic (exact) mass is 243 g/mol. The third-order valence-corrected chi connectivity index (χ3v) is 4.45.